The highest BCUT2D eigenvalue weighted by molar-refractivity contribution is 6.26. The number of ether oxygens (including phenoxy) is 1. The molecule has 0 aliphatic rings. The van der Waals surface area contributed by atoms with Gasteiger partial charge in [0.1, 0.15) is 0 Å². The number of halogens is 14. The second-order valence-electron chi connectivity index (χ2n) is 5.47. The van der Waals surface area contributed by atoms with Gasteiger partial charge in [-0.3, -0.25) is 0 Å². The van der Waals surface area contributed by atoms with Crippen LogP contribution in [0.4, 0.5) is 57.1 Å². The second kappa shape index (κ2) is 8.76. The Morgan fingerprint density at radius 1 is 0.690 bits per heavy atom. The van der Waals surface area contributed by atoms with Gasteiger partial charge in [-0.15, -0.1) is 0 Å². The Kier molecular flexibility index (Phi) is 8.33. The summed E-state index contributed by atoms with van der Waals surface area (Å²) in [5.74, 6) is -33.1. The zero-order chi connectivity index (χ0) is 23.5. The van der Waals surface area contributed by atoms with Gasteiger partial charge in [0, 0.05) is 24.5 Å². The summed E-state index contributed by atoms with van der Waals surface area (Å²) in [5, 5.41) is 0. The highest BCUT2D eigenvalue weighted by Gasteiger charge is 2.81. The average Bonchev–Trinajstić information content (AvgIpc) is 2.51. The molecular weight excluding hydrogens is 471 g/mol. The topological polar surface area (TPSA) is 26.3 Å². The van der Waals surface area contributed by atoms with Crippen LogP contribution in [0.3, 0.4) is 0 Å². The zero-order valence-corrected chi connectivity index (χ0v) is 14.3. The lowest BCUT2D eigenvalue weighted by Crippen LogP contribution is -2.61. The van der Waals surface area contributed by atoms with E-state index in [9.17, 15) is 61.9 Å². The fourth-order valence-electron chi connectivity index (χ4n) is 1.62. The van der Waals surface area contributed by atoms with Crippen molar-refractivity contribution in [3.63, 3.8) is 0 Å². The Bertz CT molecular complexity index is 598. The Labute approximate surface area is 158 Å². The van der Waals surface area contributed by atoms with Gasteiger partial charge >= 0.3 is 41.8 Å². The van der Waals surface area contributed by atoms with Crippen LogP contribution in [0.2, 0.25) is 0 Å². The fraction of sp³-hybridized carbons (Fsp3) is 0.769. The molecule has 16 heteroatoms. The molecule has 0 aromatic heterocycles. The number of rotatable bonds is 10. The molecule has 0 saturated heterocycles. The van der Waals surface area contributed by atoms with E-state index in [0.29, 0.717) is 11.6 Å². The molecule has 2 nitrogen and oxygen atoms in total. The first kappa shape index (κ1) is 27.6. The van der Waals surface area contributed by atoms with Gasteiger partial charge in [-0.1, -0.05) is 11.6 Å². The highest BCUT2D eigenvalue weighted by atomic mass is 35.5. The smallest absolute Gasteiger partial charge is 0.460 e. The minimum atomic E-state index is -7.33. The average molecular weight is 481 g/mol. The van der Waals surface area contributed by atoms with Crippen LogP contribution in [0.15, 0.2) is 11.6 Å². The molecule has 0 unspecified atom stereocenters. The van der Waals surface area contributed by atoms with Crippen molar-refractivity contribution >= 4 is 17.6 Å². The van der Waals surface area contributed by atoms with Crippen molar-refractivity contribution < 1.29 is 66.6 Å². The zero-order valence-electron chi connectivity index (χ0n) is 13.6. The van der Waals surface area contributed by atoms with Crippen LogP contribution < -0.4 is 0 Å². The Morgan fingerprint density at radius 3 is 1.52 bits per heavy atom. The van der Waals surface area contributed by atoms with Crippen LogP contribution >= 0.6 is 11.6 Å². The van der Waals surface area contributed by atoms with Gasteiger partial charge in [0.25, 0.3) is 0 Å². The summed E-state index contributed by atoms with van der Waals surface area (Å²) >= 11 is 4.91. The van der Waals surface area contributed by atoms with Crippen molar-refractivity contribution in [1.82, 2.24) is 0 Å². The fourth-order valence-corrected chi connectivity index (χ4v) is 1.73. The maximum absolute atomic E-state index is 13.4. The lowest BCUT2D eigenvalue weighted by Gasteiger charge is -2.35. The van der Waals surface area contributed by atoms with Crippen LogP contribution in [0, 0.1) is 0 Å². The lowest BCUT2D eigenvalue weighted by atomic mass is 9.95. The normalized spacial score (nSPS) is 15.1. The summed E-state index contributed by atoms with van der Waals surface area (Å²) in [6.45, 7) is -1.42. The number of carbonyl (C=O) groups excluding carboxylic acids is 1. The van der Waals surface area contributed by atoms with Crippen LogP contribution in [0.1, 0.15) is 19.3 Å². The molecule has 0 aliphatic carbocycles. The van der Waals surface area contributed by atoms with Crippen molar-refractivity contribution in [3.05, 3.63) is 11.6 Å². The van der Waals surface area contributed by atoms with E-state index < -0.39 is 67.6 Å². The quantitative estimate of drug-likeness (QED) is 0.212. The summed E-state index contributed by atoms with van der Waals surface area (Å²) in [6.07, 6.45) is -14.7. The maximum atomic E-state index is 13.4. The molecule has 0 rings (SSSR count). The van der Waals surface area contributed by atoms with Crippen molar-refractivity contribution in [2.45, 2.75) is 55.1 Å². The van der Waals surface area contributed by atoms with Gasteiger partial charge in [0.15, 0.2) is 0 Å². The van der Waals surface area contributed by atoms with E-state index in [1.54, 1.807) is 0 Å². The highest BCUT2D eigenvalue weighted by Crippen LogP contribution is 2.55. The molecule has 0 saturated carbocycles. The summed E-state index contributed by atoms with van der Waals surface area (Å²) in [4.78, 5) is 10.7. The van der Waals surface area contributed by atoms with E-state index in [1.165, 1.54) is 0 Å². The molecule has 0 fully saturated rings. The van der Waals surface area contributed by atoms with Crippen molar-refractivity contribution in [2.75, 3.05) is 6.61 Å². The number of esters is 1. The minimum Gasteiger partial charge on any atom is -0.462 e. The largest absolute Gasteiger partial charge is 0.462 e. The Morgan fingerprint density at radius 2 is 1.10 bits per heavy atom. The molecule has 0 heterocycles. The molecule has 0 aliphatic heterocycles. The Hall–Kier alpha value is -1.41. The summed E-state index contributed by atoms with van der Waals surface area (Å²) in [5.41, 5.74) is 0.564. The third-order valence-electron chi connectivity index (χ3n) is 3.36. The molecule has 172 valence electrons. The minimum absolute atomic E-state index is 0.474. The van der Waals surface area contributed by atoms with Crippen molar-refractivity contribution in [2.24, 2.45) is 0 Å². The van der Waals surface area contributed by atoms with E-state index in [-0.39, 0.29) is 0 Å². The van der Waals surface area contributed by atoms with Gasteiger partial charge in [0.2, 0.25) is 0 Å². The molecule has 0 spiro atoms. The molecule has 0 amide bonds. The lowest BCUT2D eigenvalue weighted by molar-refractivity contribution is -0.398. The predicted octanol–water partition coefficient (Wildman–Crippen LogP) is 6.19. The maximum Gasteiger partial charge on any atom is 0.460 e. The Balaban J connectivity index is 5.26. The van der Waals surface area contributed by atoms with E-state index in [2.05, 4.69) is 4.74 Å². The van der Waals surface area contributed by atoms with Gasteiger partial charge in [-0.25, -0.2) is 4.79 Å². The van der Waals surface area contributed by atoms with Crippen LogP contribution in [-0.4, -0.2) is 48.4 Å². The van der Waals surface area contributed by atoms with Crippen LogP contribution in [-0.2, 0) is 9.53 Å². The van der Waals surface area contributed by atoms with E-state index in [1.807, 2.05) is 0 Å². The predicted molar refractivity (Wildman–Crippen MR) is 70.6 cm³/mol. The third-order valence-corrected chi connectivity index (χ3v) is 3.48. The summed E-state index contributed by atoms with van der Waals surface area (Å²) in [6, 6.07) is 0. The summed E-state index contributed by atoms with van der Waals surface area (Å²) < 4.78 is 171. The first-order valence-corrected chi connectivity index (χ1v) is 7.49. The van der Waals surface area contributed by atoms with Crippen molar-refractivity contribution in [3.8, 4) is 0 Å². The number of carbonyl (C=O) groups is 1. The molecule has 0 aromatic rings. The molecule has 0 bridgehead atoms. The van der Waals surface area contributed by atoms with Crippen LogP contribution in [0.5, 0.6) is 0 Å². The molecule has 0 radical (unpaired) electrons. The van der Waals surface area contributed by atoms with Crippen LogP contribution in [0.25, 0.3) is 0 Å². The van der Waals surface area contributed by atoms with Crippen molar-refractivity contribution in [1.29, 1.82) is 0 Å². The number of alkyl halides is 13. The van der Waals surface area contributed by atoms with Gasteiger partial charge < -0.3 is 4.74 Å². The number of hydrogen-bond acceptors (Lipinski definition) is 2. The standard InChI is InChI=1S/C13H10ClF13O2/c14-5-1-7(28)29-6-4-9(17,18)8(15,16)2-3-10(19,20)11(21,22)12(23,24)13(25,26)27/h1,5H,2-4,6H2. The van der Waals surface area contributed by atoms with E-state index in [4.69, 9.17) is 11.6 Å². The SMILES string of the molecule is O=C(C=CCl)OCCC(F)(F)C(F)(F)CCC(F)(F)C(F)(F)C(F)(F)C(F)(F)F. The monoisotopic (exact) mass is 480 g/mol. The molecule has 29 heavy (non-hydrogen) atoms. The van der Waals surface area contributed by atoms with Gasteiger partial charge in [-0.05, 0) is 0 Å². The molecule has 0 atom stereocenters. The van der Waals surface area contributed by atoms with E-state index >= 15 is 0 Å². The van der Waals surface area contributed by atoms with Gasteiger partial charge in [0.05, 0.1) is 13.0 Å². The first-order valence-electron chi connectivity index (χ1n) is 7.05. The summed E-state index contributed by atoms with van der Waals surface area (Å²) in [7, 11) is 0. The second-order valence-corrected chi connectivity index (χ2v) is 5.72. The van der Waals surface area contributed by atoms with E-state index in [0.717, 1.165) is 0 Å². The molecule has 0 N–H and O–H groups in total. The molecular formula is C13H10ClF13O2. The number of hydrogen-bond donors (Lipinski definition) is 0. The first-order chi connectivity index (χ1) is 12.7. The third kappa shape index (κ3) is 6.04. The molecule has 0 aromatic carbocycles. The van der Waals surface area contributed by atoms with Gasteiger partial charge in [-0.2, -0.15) is 57.1 Å².